The van der Waals surface area contributed by atoms with Crippen LogP contribution in [0.2, 0.25) is 0 Å². The van der Waals surface area contributed by atoms with Crippen molar-refractivity contribution in [3.63, 3.8) is 0 Å². The topological polar surface area (TPSA) is 49.8 Å². The Morgan fingerprint density at radius 1 is 1.10 bits per heavy atom. The molecule has 1 saturated heterocycles. The molecule has 1 atom stereocenters. The third-order valence-corrected chi connectivity index (χ3v) is 5.96. The van der Waals surface area contributed by atoms with Crippen LogP contribution in [0, 0.1) is 17.8 Å². The molecule has 0 radical (unpaired) electrons. The lowest BCUT2D eigenvalue weighted by atomic mass is 9.73. The number of likely N-dealkylation sites (tertiary alicyclic amines) is 1. The molecule has 1 aromatic rings. The summed E-state index contributed by atoms with van der Waals surface area (Å²) in [4.78, 5) is 15.6. The predicted octanol–water partition coefficient (Wildman–Crippen LogP) is 4.30. The Labute approximate surface area is 181 Å². The van der Waals surface area contributed by atoms with Gasteiger partial charge in [-0.15, -0.1) is 12.4 Å². The number of hydrogen-bond donors (Lipinski definition) is 1. The smallest absolute Gasteiger partial charge is 0.344 e. The van der Waals surface area contributed by atoms with E-state index in [4.69, 9.17) is 4.74 Å². The Bertz CT molecular complexity index is 713. The summed E-state index contributed by atoms with van der Waals surface area (Å²) < 4.78 is 5.79. The molecule has 160 valence electrons. The highest BCUT2D eigenvalue weighted by atomic mass is 35.5. The van der Waals surface area contributed by atoms with E-state index in [9.17, 15) is 9.90 Å². The Morgan fingerprint density at radius 3 is 2.34 bits per heavy atom. The van der Waals surface area contributed by atoms with E-state index >= 15 is 0 Å². The van der Waals surface area contributed by atoms with Crippen molar-refractivity contribution in [3.05, 3.63) is 35.9 Å². The molecule has 4 nitrogen and oxygen atoms in total. The van der Waals surface area contributed by atoms with Gasteiger partial charge in [0.25, 0.3) is 0 Å². The van der Waals surface area contributed by atoms with E-state index in [1.54, 1.807) is 13.8 Å². The van der Waals surface area contributed by atoms with Crippen molar-refractivity contribution in [2.45, 2.75) is 70.0 Å². The van der Waals surface area contributed by atoms with E-state index in [1.165, 1.54) is 12.8 Å². The van der Waals surface area contributed by atoms with Crippen LogP contribution in [-0.4, -0.2) is 41.2 Å². The zero-order valence-electron chi connectivity index (χ0n) is 17.7. The van der Waals surface area contributed by atoms with Crippen LogP contribution in [0.4, 0.5) is 0 Å². The quantitative estimate of drug-likeness (QED) is 0.571. The summed E-state index contributed by atoms with van der Waals surface area (Å²) in [6.45, 7) is 6.48. The van der Waals surface area contributed by atoms with Gasteiger partial charge in [0, 0.05) is 5.92 Å². The van der Waals surface area contributed by atoms with Crippen LogP contribution in [0.5, 0.6) is 0 Å². The minimum atomic E-state index is -1.62. The van der Waals surface area contributed by atoms with Crippen molar-refractivity contribution in [3.8, 4) is 11.8 Å². The van der Waals surface area contributed by atoms with Gasteiger partial charge in [-0.1, -0.05) is 61.4 Å². The average molecular weight is 420 g/mol. The summed E-state index contributed by atoms with van der Waals surface area (Å²) in [6, 6.07) is 9.25. The van der Waals surface area contributed by atoms with Crippen molar-refractivity contribution >= 4 is 18.4 Å². The number of aliphatic hydroxyl groups is 1. The van der Waals surface area contributed by atoms with Gasteiger partial charge in [0.15, 0.2) is 11.2 Å². The second-order valence-electron chi connectivity index (χ2n) is 8.65. The van der Waals surface area contributed by atoms with Crippen LogP contribution >= 0.6 is 12.4 Å². The van der Waals surface area contributed by atoms with E-state index in [-0.39, 0.29) is 18.3 Å². The summed E-state index contributed by atoms with van der Waals surface area (Å²) in [7, 11) is 0. The lowest BCUT2D eigenvalue weighted by Gasteiger charge is -2.38. The number of halogens is 1. The first-order valence-electron chi connectivity index (χ1n) is 10.7. The number of rotatable bonds is 5. The van der Waals surface area contributed by atoms with Crippen molar-refractivity contribution in [2.75, 3.05) is 19.6 Å². The molecule has 3 rings (SSSR count). The number of ether oxygens (including phenoxy) is 1. The van der Waals surface area contributed by atoms with Gasteiger partial charge in [-0.25, -0.2) is 4.79 Å². The molecule has 1 unspecified atom stereocenters. The van der Waals surface area contributed by atoms with Crippen molar-refractivity contribution in [1.82, 2.24) is 4.90 Å². The normalized spacial score (nSPS) is 20.1. The van der Waals surface area contributed by atoms with Gasteiger partial charge in [-0.3, -0.25) is 4.90 Å². The molecule has 0 aromatic heterocycles. The van der Waals surface area contributed by atoms with E-state index in [0.29, 0.717) is 12.1 Å². The lowest BCUT2D eigenvalue weighted by molar-refractivity contribution is -0.184. The van der Waals surface area contributed by atoms with Gasteiger partial charge in [0.2, 0.25) is 0 Å². The van der Waals surface area contributed by atoms with Gasteiger partial charge < -0.3 is 9.84 Å². The zero-order chi connectivity index (χ0) is 20.0. The standard InChI is InChI=1S/C24H33NO3.ClH/c1-23(2,16-11-19-25-17-9-10-18-25)28-22(26)24(27,20-12-5-3-6-13-20)21-14-7-4-8-15-21;/h3,5-6,12-13,21,27H,4,7-10,14-15,17-19H2,1-2H3;1H. The fourth-order valence-electron chi connectivity index (χ4n) is 4.37. The van der Waals surface area contributed by atoms with E-state index < -0.39 is 17.2 Å². The minimum Gasteiger partial charge on any atom is -0.444 e. The largest absolute Gasteiger partial charge is 0.444 e. The molecule has 1 N–H and O–H groups in total. The number of carbonyl (C=O) groups is 1. The molecule has 1 heterocycles. The van der Waals surface area contributed by atoms with Gasteiger partial charge in [-0.05, 0) is 58.2 Å². The Hall–Kier alpha value is -1.54. The summed E-state index contributed by atoms with van der Waals surface area (Å²) in [5.41, 5.74) is -1.93. The zero-order valence-corrected chi connectivity index (χ0v) is 18.5. The molecule has 5 heteroatoms. The summed E-state index contributed by atoms with van der Waals surface area (Å²) in [6.07, 6.45) is 7.35. The predicted molar refractivity (Wildman–Crippen MR) is 118 cm³/mol. The number of hydrogen-bond acceptors (Lipinski definition) is 4. The molecule has 2 fully saturated rings. The molecular weight excluding hydrogens is 386 g/mol. The summed E-state index contributed by atoms with van der Waals surface area (Å²) in [5.74, 6) is 5.56. The minimum absolute atomic E-state index is 0. The maximum Gasteiger partial charge on any atom is 0.344 e. The van der Waals surface area contributed by atoms with Crippen LogP contribution < -0.4 is 0 Å². The average Bonchev–Trinajstić information content (AvgIpc) is 3.21. The van der Waals surface area contributed by atoms with E-state index in [1.807, 2.05) is 30.3 Å². The third kappa shape index (κ3) is 5.98. The van der Waals surface area contributed by atoms with Crippen LogP contribution in [-0.2, 0) is 15.1 Å². The van der Waals surface area contributed by atoms with Crippen molar-refractivity contribution in [2.24, 2.45) is 5.92 Å². The first kappa shape index (κ1) is 23.7. The van der Waals surface area contributed by atoms with Crippen LogP contribution in [0.15, 0.2) is 30.3 Å². The fraction of sp³-hybridized carbons (Fsp3) is 0.625. The highest BCUT2D eigenvalue weighted by Gasteiger charge is 2.48. The Kier molecular flexibility index (Phi) is 8.58. The van der Waals surface area contributed by atoms with Crippen LogP contribution in [0.1, 0.15) is 64.4 Å². The third-order valence-electron chi connectivity index (χ3n) is 5.96. The van der Waals surface area contributed by atoms with Crippen molar-refractivity contribution < 1.29 is 14.6 Å². The lowest BCUT2D eigenvalue weighted by Crippen LogP contribution is -2.47. The molecule has 1 aliphatic carbocycles. The second kappa shape index (κ2) is 10.5. The molecule has 1 aromatic carbocycles. The highest BCUT2D eigenvalue weighted by molar-refractivity contribution is 5.85. The number of nitrogens with zero attached hydrogens (tertiary/aromatic N) is 1. The number of carbonyl (C=O) groups excluding carboxylic acids is 1. The Morgan fingerprint density at radius 2 is 1.72 bits per heavy atom. The van der Waals surface area contributed by atoms with Gasteiger partial charge >= 0.3 is 5.97 Å². The Balaban J connectivity index is 0.00000300. The molecule has 2 aliphatic rings. The molecule has 0 bridgehead atoms. The monoisotopic (exact) mass is 419 g/mol. The van der Waals surface area contributed by atoms with Gasteiger partial charge in [0.05, 0.1) is 6.54 Å². The van der Waals surface area contributed by atoms with Gasteiger partial charge in [-0.2, -0.15) is 0 Å². The van der Waals surface area contributed by atoms with Crippen LogP contribution in [0.3, 0.4) is 0 Å². The summed E-state index contributed by atoms with van der Waals surface area (Å²) in [5, 5.41) is 11.6. The van der Waals surface area contributed by atoms with Crippen molar-refractivity contribution in [1.29, 1.82) is 0 Å². The first-order valence-corrected chi connectivity index (χ1v) is 10.7. The second-order valence-corrected chi connectivity index (χ2v) is 8.65. The molecule has 1 saturated carbocycles. The number of benzene rings is 1. The fourth-order valence-corrected chi connectivity index (χ4v) is 4.37. The molecule has 0 spiro atoms. The number of esters is 1. The van der Waals surface area contributed by atoms with E-state index in [0.717, 1.165) is 45.2 Å². The van der Waals surface area contributed by atoms with Crippen LogP contribution in [0.25, 0.3) is 0 Å². The maximum absolute atomic E-state index is 13.2. The first-order chi connectivity index (χ1) is 13.4. The molecule has 1 aliphatic heterocycles. The van der Waals surface area contributed by atoms with Gasteiger partial charge in [0.1, 0.15) is 0 Å². The molecular formula is C24H34ClNO3. The molecule has 0 amide bonds. The summed E-state index contributed by atoms with van der Waals surface area (Å²) >= 11 is 0. The SMILES string of the molecule is CC(C)(C#CCN1CCCC1)OC(=O)C(O)(c1ccccc1)C1CCCCC1.Cl. The molecule has 29 heavy (non-hydrogen) atoms. The highest BCUT2D eigenvalue weighted by Crippen LogP contribution is 2.41. The van der Waals surface area contributed by atoms with E-state index in [2.05, 4.69) is 16.7 Å². The maximum atomic E-state index is 13.2.